The molecule has 0 unspecified atom stereocenters. The topological polar surface area (TPSA) is 192 Å². The van der Waals surface area contributed by atoms with Gasteiger partial charge >= 0.3 is 18.1 Å². The highest BCUT2D eigenvalue weighted by Gasteiger charge is 2.44. The number of nitrogens with zero attached hydrogens (tertiary/aromatic N) is 2. The number of hydrogen-bond donors (Lipinski definition) is 4. The highest BCUT2D eigenvalue weighted by molar-refractivity contribution is 7.90. The number of ether oxygens (including phenoxy) is 1. The molecule has 0 radical (unpaired) electrons. The van der Waals surface area contributed by atoms with Crippen molar-refractivity contribution in [2.75, 3.05) is 37.6 Å². The first-order chi connectivity index (χ1) is 17.5. The maximum Gasteiger partial charge on any atom is 0.491 e. The second kappa shape index (κ2) is 12.2. The molecular formula is C21H27F3N6O7S. The van der Waals surface area contributed by atoms with Crippen molar-refractivity contribution in [1.29, 1.82) is 5.41 Å². The quantitative estimate of drug-likeness (QED) is 0.120. The fourth-order valence-corrected chi connectivity index (χ4v) is 3.97. The molecule has 0 saturated carbocycles. The van der Waals surface area contributed by atoms with Crippen molar-refractivity contribution in [2.45, 2.75) is 31.3 Å². The summed E-state index contributed by atoms with van der Waals surface area (Å²) in [6.07, 6.45) is -5.50. The van der Waals surface area contributed by atoms with E-state index in [1.807, 2.05) is 4.72 Å². The van der Waals surface area contributed by atoms with Crippen LogP contribution in [0.4, 0.5) is 18.9 Å². The Balaban J connectivity index is 1.98. The first kappa shape index (κ1) is 30.5. The summed E-state index contributed by atoms with van der Waals surface area (Å²) in [4.78, 5) is 51.0. The molecule has 0 spiro atoms. The number of sulfonamides is 1. The van der Waals surface area contributed by atoms with Gasteiger partial charge in [-0.05, 0) is 38.1 Å². The lowest BCUT2D eigenvalue weighted by Crippen LogP contribution is -2.55. The number of rotatable bonds is 10. The molecule has 5 N–H and O–H groups in total. The Morgan fingerprint density at radius 3 is 2.26 bits per heavy atom. The Hall–Kier alpha value is -3.73. The third-order valence-electron chi connectivity index (χ3n) is 5.34. The predicted octanol–water partition coefficient (Wildman–Crippen LogP) is -0.936. The molecule has 0 aliphatic carbocycles. The Bertz CT molecular complexity index is 1190. The first-order valence-electron chi connectivity index (χ1n) is 11.1. The number of hydrogen-bond acceptors (Lipinski definition) is 9. The van der Waals surface area contributed by atoms with Crippen molar-refractivity contribution in [1.82, 2.24) is 14.9 Å². The lowest BCUT2D eigenvalue weighted by atomic mass is 10.1. The highest BCUT2D eigenvalue weighted by Crippen LogP contribution is 2.18. The molecule has 2 rings (SSSR count). The number of alkyl halides is 3. The van der Waals surface area contributed by atoms with E-state index in [0.717, 1.165) is 0 Å². The second-order valence-corrected chi connectivity index (χ2v) is 10.7. The standard InChI is InChI=1S/C21H27F3N6O7S/c1-12(2)38(35,36)28-15(19(33)37-20(34)21(22,23)24)9-27-16(31)10-30-8-7-29(11-17(30)32)14-5-3-13(4-6-14)18(25)26/h3-6,12,15,28H,7-11H2,1-2H3,(H3,25,26)(H,27,31)/t15-/m0/s1. The molecule has 1 aromatic carbocycles. The number of nitrogens with two attached hydrogens (primary N) is 1. The molecule has 1 atom stereocenters. The van der Waals surface area contributed by atoms with Crippen LogP contribution in [0.15, 0.2) is 24.3 Å². The van der Waals surface area contributed by atoms with Crippen molar-refractivity contribution in [2.24, 2.45) is 5.73 Å². The molecular weight excluding hydrogens is 537 g/mol. The van der Waals surface area contributed by atoms with Crippen LogP contribution in [-0.4, -0.2) is 93.1 Å². The minimum Gasteiger partial charge on any atom is -0.385 e. The summed E-state index contributed by atoms with van der Waals surface area (Å²) < 4.78 is 67.1. The van der Waals surface area contributed by atoms with Gasteiger partial charge in [-0.1, -0.05) is 0 Å². The molecule has 17 heteroatoms. The third kappa shape index (κ3) is 8.41. The van der Waals surface area contributed by atoms with Crippen molar-refractivity contribution in [3.63, 3.8) is 0 Å². The Labute approximate surface area is 216 Å². The average Bonchev–Trinajstić information content (AvgIpc) is 2.82. The normalized spacial score (nSPS) is 15.3. The number of carbonyl (C=O) groups excluding carboxylic acids is 4. The van der Waals surface area contributed by atoms with Gasteiger partial charge < -0.3 is 25.6 Å². The van der Waals surface area contributed by atoms with Gasteiger partial charge in [-0.2, -0.15) is 17.9 Å². The van der Waals surface area contributed by atoms with E-state index in [1.165, 1.54) is 18.7 Å². The van der Waals surface area contributed by atoms with Gasteiger partial charge in [0.05, 0.1) is 18.3 Å². The number of piperazine rings is 1. The third-order valence-corrected chi connectivity index (χ3v) is 7.19. The Morgan fingerprint density at radius 2 is 1.76 bits per heavy atom. The van der Waals surface area contributed by atoms with Crippen LogP contribution in [0.5, 0.6) is 0 Å². The fourth-order valence-electron chi connectivity index (χ4n) is 3.12. The number of amidine groups is 1. The maximum atomic E-state index is 12.6. The monoisotopic (exact) mass is 564 g/mol. The van der Waals surface area contributed by atoms with Gasteiger partial charge in [0.25, 0.3) is 0 Å². The number of esters is 2. The van der Waals surface area contributed by atoms with Crippen LogP contribution in [0.25, 0.3) is 0 Å². The average molecular weight is 565 g/mol. The molecule has 1 aliphatic rings. The zero-order valence-corrected chi connectivity index (χ0v) is 21.2. The van der Waals surface area contributed by atoms with Crippen LogP contribution >= 0.6 is 0 Å². The van der Waals surface area contributed by atoms with Crippen LogP contribution in [0, 0.1) is 5.41 Å². The molecule has 210 valence electrons. The summed E-state index contributed by atoms with van der Waals surface area (Å²) >= 11 is 0. The van der Waals surface area contributed by atoms with Crippen molar-refractivity contribution in [3.05, 3.63) is 29.8 Å². The first-order valence-corrected chi connectivity index (χ1v) is 12.6. The number of nitrogen functional groups attached to an aromatic ring is 1. The molecule has 13 nitrogen and oxygen atoms in total. The van der Waals surface area contributed by atoms with E-state index in [4.69, 9.17) is 11.1 Å². The van der Waals surface area contributed by atoms with E-state index >= 15 is 0 Å². The molecule has 38 heavy (non-hydrogen) atoms. The van der Waals surface area contributed by atoms with E-state index in [2.05, 4.69) is 10.1 Å². The van der Waals surface area contributed by atoms with Crippen LogP contribution in [0.2, 0.25) is 0 Å². The Morgan fingerprint density at radius 1 is 1.16 bits per heavy atom. The van der Waals surface area contributed by atoms with Gasteiger partial charge in [-0.25, -0.2) is 18.0 Å². The van der Waals surface area contributed by atoms with Gasteiger partial charge in [0.2, 0.25) is 21.8 Å². The largest absolute Gasteiger partial charge is 0.491 e. The second-order valence-electron chi connectivity index (χ2n) is 8.47. The molecule has 1 saturated heterocycles. The van der Waals surface area contributed by atoms with Gasteiger partial charge in [-0.3, -0.25) is 15.0 Å². The zero-order valence-electron chi connectivity index (χ0n) is 20.4. The molecule has 1 heterocycles. The summed E-state index contributed by atoms with van der Waals surface area (Å²) in [6.45, 7) is 1.55. The lowest BCUT2D eigenvalue weighted by Gasteiger charge is -2.35. The van der Waals surface area contributed by atoms with Crippen molar-refractivity contribution < 1.29 is 45.5 Å². The van der Waals surface area contributed by atoms with E-state index in [0.29, 0.717) is 17.8 Å². The lowest BCUT2D eigenvalue weighted by molar-refractivity contribution is -0.202. The zero-order chi connectivity index (χ0) is 28.8. The number of nitrogens with one attached hydrogen (secondary N) is 3. The molecule has 0 bridgehead atoms. The number of anilines is 1. The molecule has 1 fully saturated rings. The molecule has 1 aromatic rings. The Kier molecular flexibility index (Phi) is 9.80. The van der Waals surface area contributed by atoms with E-state index in [9.17, 15) is 40.8 Å². The minimum absolute atomic E-state index is 0.0740. The number of carbonyl (C=O) groups is 4. The fraction of sp³-hybridized carbons (Fsp3) is 0.476. The van der Waals surface area contributed by atoms with Crippen molar-refractivity contribution in [3.8, 4) is 0 Å². The van der Waals surface area contributed by atoms with E-state index < -0.39 is 64.3 Å². The number of halogens is 3. The van der Waals surface area contributed by atoms with Crippen LogP contribution < -0.4 is 20.7 Å². The van der Waals surface area contributed by atoms with Crippen LogP contribution in [-0.2, 0) is 33.9 Å². The summed E-state index contributed by atoms with van der Waals surface area (Å²) in [5.74, 6) is -6.07. The molecule has 1 aliphatic heterocycles. The van der Waals surface area contributed by atoms with E-state index in [1.54, 1.807) is 29.2 Å². The predicted molar refractivity (Wildman–Crippen MR) is 127 cm³/mol. The van der Waals surface area contributed by atoms with Gasteiger partial charge in [0.15, 0.2) is 0 Å². The summed E-state index contributed by atoms with van der Waals surface area (Å²) in [5, 5.41) is 8.49. The van der Waals surface area contributed by atoms with Crippen LogP contribution in [0.3, 0.4) is 0 Å². The number of amides is 2. The maximum absolute atomic E-state index is 12.6. The summed E-state index contributed by atoms with van der Waals surface area (Å²) in [6, 6.07) is 4.59. The smallest absolute Gasteiger partial charge is 0.385 e. The molecule has 2 amide bonds. The number of benzene rings is 1. The van der Waals surface area contributed by atoms with E-state index in [-0.39, 0.29) is 18.9 Å². The van der Waals surface area contributed by atoms with Crippen molar-refractivity contribution >= 4 is 45.3 Å². The van der Waals surface area contributed by atoms with Gasteiger partial charge in [0, 0.05) is 30.9 Å². The van der Waals surface area contributed by atoms with Gasteiger partial charge in [-0.15, -0.1) is 0 Å². The SMILES string of the molecule is CC(C)S(=O)(=O)N[C@@H](CNC(=O)CN1CCN(c2ccc(C(=N)N)cc2)CC1=O)C(=O)OC(=O)C(F)(F)F. The summed E-state index contributed by atoms with van der Waals surface area (Å²) in [7, 11) is -4.22. The molecule has 0 aromatic heterocycles. The summed E-state index contributed by atoms with van der Waals surface area (Å²) in [5.41, 5.74) is 6.63. The minimum atomic E-state index is -5.50. The van der Waals surface area contributed by atoms with Gasteiger partial charge in [0.1, 0.15) is 11.9 Å². The highest BCUT2D eigenvalue weighted by atomic mass is 32.2. The van der Waals surface area contributed by atoms with Crippen LogP contribution in [0.1, 0.15) is 19.4 Å².